The molecule has 9 heteroatoms. The average Bonchev–Trinajstić information content (AvgIpc) is 3.33. The number of rotatable bonds is 6. The number of nitrogens with zero attached hydrogens (tertiary/aromatic N) is 3. The van der Waals surface area contributed by atoms with Crippen LogP contribution >= 0.6 is 0 Å². The summed E-state index contributed by atoms with van der Waals surface area (Å²) in [5.74, 6) is 1.26. The third-order valence-corrected chi connectivity index (χ3v) is 5.47. The second-order valence-electron chi connectivity index (χ2n) is 5.80. The van der Waals surface area contributed by atoms with E-state index in [-0.39, 0.29) is 23.5 Å². The number of aromatic nitrogens is 3. The molecule has 0 unspecified atom stereocenters. The third kappa shape index (κ3) is 3.21. The van der Waals surface area contributed by atoms with E-state index < -0.39 is 10.0 Å². The van der Waals surface area contributed by atoms with Crippen molar-refractivity contribution >= 4 is 10.0 Å². The molecular weight excluding hydrogens is 370 g/mol. The van der Waals surface area contributed by atoms with Crippen molar-refractivity contribution in [2.75, 3.05) is 13.4 Å². The number of hydrogen-bond donors (Lipinski definition) is 0. The summed E-state index contributed by atoms with van der Waals surface area (Å²) in [5.41, 5.74) is 0.526. The lowest BCUT2D eigenvalue weighted by atomic mass is 10.2. The summed E-state index contributed by atoms with van der Waals surface area (Å²) >= 11 is 0. The van der Waals surface area contributed by atoms with Gasteiger partial charge in [0.2, 0.25) is 6.79 Å². The lowest BCUT2D eigenvalue weighted by Gasteiger charge is -2.07. The van der Waals surface area contributed by atoms with Gasteiger partial charge in [0, 0.05) is 5.56 Å². The second kappa shape index (κ2) is 6.92. The van der Waals surface area contributed by atoms with Gasteiger partial charge in [0.15, 0.2) is 17.3 Å². The van der Waals surface area contributed by atoms with E-state index in [4.69, 9.17) is 14.2 Å². The molecule has 0 amide bonds. The SMILES string of the molecule is CCCOc1nc(-c2ccc3c(c2)OCO3)n(S(=O)(=O)c2ccccc2)n1. The van der Waals surface area contributed by atoms with Crippen LogP contribution in [-0.4, -0.2) is 36.0 Å². The van der Waals surface area contributed by atoms with Crippen molar-refractivity contribution in [2.24, 2.45) is 0 Å². The molecule has 0 bridgehead atoms. The van der Waals surface area contributed by atoms with Crippen LogP contribution < -0.4 is 14.2 Å². The Morgan fingerprint density at radius 1 is 1.11 bits per heavy atom. The molecule has 2 aromatic carbocycles. The molecule has 0 fully saturated rings. The van der Waals surface area contributed by atoms with Crippen LogP contribution in [0, 0.1) is 0 Å². The molecule has 27 heavy (non-hydrogen) atoms. The minimum atomic E-state index is -3.95. The van der Waals surface area contributed by atoms with Gasteiger partial charge in [-0.2, -0.15) is 13.4 Å². The molecule has 2 heterocycles. The summed E-state index contributed by atoms with van der Waals surface area (Å²) in [6.45, 7) is 2.45. The summed E-state index contributed by atoms with van der Waals surface area (Å²) in [6.07, 6.45) is 0.749. The standard InChI is InChI=1S/C18H17N3O5S/c1-2-10-24-18-19-17(13-8-9-15-16(11-13)26-12-25-15)21(20-18)27(22,23)14-6-4-3-5-7-14/h3-9,11H,2,10,12H2,1H3. The zero-order chi connectivity index (χ0) is 18.9. The highest BCUT2D eigenvalue weighted by atomic mass is 32.2. The van der Waals surface area contributed by atoms with Gasteiger partial charge in [0.1, 0.15) is 0 Å². The average molecular weight is 387 g/mol. The van der Waals surface area contributed by atoms with Crippen molar-refractivity contribution in [2.45, 2.75) is 18.2 Å². The Hall–Kier alpha value is -3.07. The molecule has 1 aliphatic heterocycles. The molecular formula is C18H17N3O5S. The zero-order valence-corrected chi connectivity index (χ0v) is 15.3. The van der Waals surface area contributed by atoms with Crippen molar-refractivity contribution in [3.8, 4) is 28.9 Å². The highest BCUT2D eigenvalue weighted by Gasteiger charge is 2.26. The maximum Gasteiger partial charge on any atom is 0.337 e. The number of benzene rings is 2. The van der Waals surface area contributed by atoms with Gasteiger partial charge in [-0.1, -0.05) is 30.2 Å². The number of hydrogen-bond acceptors (Lipinski definition) is 7. The normalized spacial score (nSPS) is 12.9. The largest absolute Gasteiger partial charge is 0.462 e. The molecule has 0 saturated heterocycles. The molecule has 1 aliphatic rings. The first-order chi connectivity index (χ1) is 13.1. The van der Waals surface area contributed by atoms with E-state index in [0.717, 1.165) is 10.5 Å². The quantitative estimate of drug-likeness (QED) is 0.642. The van der Waals surface area contributed by atoms with E-state index in [1.165, 1.54) is 12.1 Å². The van der Waals surface area contributed by atoms with Gasteiger partial charge >= 0.3 is 6.01 Å². The summed E-state index contributed by atoms with van der Waals surface area (Å²) in [5, 5.41) is 4.09. The van der Waals surface area contributed by atoms with E-state index in [9.17, 15) is 8.42 Å². The Bertz CT molecular complexity index is 1060. The molecule has 0 aliphatic carbocycles. The van der Waals surface area contributed by atoms with E-state index in [0.29, 0.717) is 23.7 Å². The fourth-order valence-corrected chi connectivity index (χ4v) is 3.86. The maximum absolute atomic E-state index is 13.1. The molecule has 0 N–H and O–H groups in total. The third-order valence-electron chi connectivity index (χ3n) is 3.89. The number of ether oxygens (including phenoxy) is 3. The molecule has 0 atom stereocenters. The predicted molar refractivity (Wildman–Crippen MR) is 96.4 cm³/mol. The maximum atomic E-state index is 13.1. The minimum absolute atomic E-state index is 0.00372. The molecule has 0 radical (unpaired) electrons. The van der Waals surface area contributed by atoms with Gasteiger partial charge in [-0.15, -0.1) is 4.09 Å². The fourth-order valence-electron chi connectivity index (χ4n) is 2.61. The first kappa shape index (κ1) is 17.3. The van der Waals surface area contributed by atoms with Crippen LogP contribution in [0.3, 0.4) is 0 Å². The lowest BCUT2D eigenvalue weighted by molar-refractivity contribution is 0.174. The van der Waals surface area contributed by atoms with Gasteiger partial charge in [-0.05, 0) is 36.8 Å². The van der Waals surface area contributed by atoms with Gasteiger partial charge in [-0.25, -0.2) is 0 Å². The van der Waals surface area contributed by atoms with Crippen LogP contribution in [-0.2, 0) is 10.0 Å². The van der Waals surface area contributed by atoms with Crippen LogP contribution in [0.5, 0.6) is 17.5 Å². The Balaban J connectivity index is 1.84. The monoisotopic (exact) mass is 387 g/mol. The van der Waals surface area contributed by atoms with Crippen LogP contribution in [0.2, 0.25) is 0 Å². The topological polar surface area (TPSA) is 92.5 Å². The Morgan fingerprint density at radius 2 is 1.89 bits per heavy atom. The van der Waals surface area contributed by atoms with Crippen LogP contribution in [0.4, 0.5) is 0 Å². The smallest absolute Gasteiger partial charge is 0.337 e. The van der Waals surface area contributed by atoms with Crippen molar-refractivity contribution in [1.82, 2.24) is 14.2 Å². The van der Waals surface area contributed by atoms with E-state index in [2.05, 4.69) is 10.1 Å². The van der Waals surface area contributed by atoms with Gasteiger partial charge in [0.25, 0.3) is 10.0 Å². The molecule has 0 spiro atoms. The van der Waals surface area contributed by atoms with Gasteiger partial charge < -0.3 is 14.2 Å². The van der Waals surface area contributed by atoms with Crippen LogP contribution in [0.25, 0.3) is 11.4 Å². The molecule has 4 rings (SSSR count). The van der Waals surface area contributed by atoms with E-state index >= 15 is 0 Å². The first-order valence-electron chi connectivity index (χ1n) is 8.40. The van der Waals surface area contributed by atoms with Gasteiger partial charge in [0.05, 0.1) is 11.5 Å². The summed E-state index contributed by atoms with van der Waals surface area (Å²) in [7, 11) is -3.95. The molecule has 0 saturated carbocycles. The fraction of sp³-hybridized carbons (Fsp3) is 0.222. The van der Waals surface area contributed by atoms with Crippen molar-refractivity contribution in [3.05, 3.63) is 48.5 Å². The highest BCUT2D eigenvalue weighted by Crippen LogP contribution is 2.36. The summed E-state index contributed by atoms with van der Waals surface area (Å²) in [6, 6.07) is 13.2. The summed E-state index contributed by atoms with van der Waals surface area (Å²) in [4.78, 5) is 4.40. The first-order valence-corrected chi connectivity index (χ1v) is 9.84. The van der Waals surface area contributed by atoms with E-state index in [1.807, 2.05) is 6.92 Å². The van der Waals surface area contributed by atoms with Crippen molar-refractivity contribution < 1.29 is 22.6 Å². The molecule has 3 aromatic rings. The van der Waals surface area contributed by atoms with Crippen molar-refractivity contribution in [1.29, 1.82) is 0 Å². The zero-order valence-electron chi connectivity index (χ0n) is 14.5. The second-order valence-corrected chi connectivity index (χ2v) is 7.56. The van der Waals surface area contributed by atoms with Crippen LogP contribution in [0.15, 0.2) is 53.4 Å². The van der Waals surface area contributed by atoms with Gasteiger partial charge in [-0.3, -0.25) is 0 Å². The molecule has 1 aromatic heterocycles. The Kier molecular flexibility index (Phi) is 4.44. The predicted octanol–water partition coefficient (Wildman–Crippen LogP) is 2.70. The summed E-state index contributed by atoms with van der Waals surface area (Å²) < 4.78 is 43.2. The molecule has 8 nitrogen and oxygen atoms in total. The van der Waals surface area contributed by atoms with E-state index in [1.54, 1.807) is 36.4 Å². The van der Waals surface area contributed by atoms with Crippen molar-refractivity contribution in [3.63, 3.8) is 0 Å². The Labute approximate surface area is 156 Å². The molecule has 140 valence electrons. The Morgan fingerprint density at radius 3 is 2.67 bits per heavy atom. The lowest BCUT2D eigenvalue weighted by Crippen LogP contribution is -2.16. The minimum Gasteiger partial charge on any atom is -0.462 e. The number of fused-ring (bicyclic) bond motifs is 1. The van der Waals surface area contributed by atoms with Crippen LogP contribution in [0.1, 0.15) is 13.3 Å². The highest BCUT2D eigenvalue weighted by molar-refractivity contribution is 7.90.